The maximum atomic E-state index is 12.4. The number of hydrogen-bond acceptors (Lipinski definition) is 2. The minimum Gasteiger partial charge on any atom is -0.392 e. The molecule has 0 aliphatic carbocycles. The summed E-state index contributed by atoms with van der Waals surface area (Å²) in [5.41, 5.74) is 0.513. The van der Waals surface area contributed by atoms with Crippen molar-refractivity contribution in [2.75, 3.05) is 6.61 Å². The number of rotatable bonds is 2. The normalized spacial score (nSPS) is 10.7. The SMILES string of the molecule is OCC=Cc1cccc(F)n1. The maximum absolute atomic E-state index is 12.4. The maximum Gasteiger partial charge on any atom is 0.213 e. The minimum absolute atomic E-state index is 0.0573. The monoisotopic (exact) mass is 153 g/mol. The van der Waals surface area contributed by atoms with Crippen LogP contribution in [-0.4, -0.2) is 16.7 Å². The van der Waals surface area contributed by atoms with Crippen LogP contribution in [0.3, 0.4) is 0 Å². The Morgan fingerprint density at radius 3 is 3.00 bits per heavy atom. The van der Waals surface area contributed by atoms with Crippen LogP contribution in [0.2, 0.25) is 0 Å². The van der Waals surface area contributed by atoms with Gasteiger partial charge in [-0.05, 0) is 18.2 Å². The Labute approximate surface area is 64.0 Å². The molecule has 0 atom stereocenters. The molecule has 0 unspecified atom stereocenters. The molecule has 0 radical (unpaired) electrons. The van der Waals surface area contributed by atoms with Gasteiger partial charge in [0, 0.05) is 0 Å². The fourth-order valence-electron chi connectivity index (χ4n) is 0.690. The molecule has 1 N–H and O–H groups in total. The van der Waals surface area contributed by atoms with Gasteiger partial charge in [-0.15, -0.1) is 0 Å². The van der Waals surface area contributed by atoms with Crippen molar-refractivity contribution in [2.24, 2.45) is 0 Å². The summed E-state index contributed by atoms with van der Waals surface area (Å²) in [6.07, 6.45) is 3.06. The van der Waals surface area contributed by atoms with Crippen molar-refractivity contribution in [3.8, 4) is 0 Å². The first-order chi connectivity index (χ1) is 5.33. The van der Waals surface area contributed by atoms with E-state index >= 15 is 0 Å². The summed E-state index contributed by atoms with van der Waals surface area (Å²) in [6.45, 7) is -0.0573. The van der Waals surface area contributed by atoms with Crippen LogP contribution < -0.4 is 0 Å². The molecule has 0 aliphatic rings. The molecular formula is C8H8FNO. The number of aromatic nitrogens is 1. The van der Waals surface area contributed by atoms with Crippen molar-refractivity contribution in [1.82, 2.24) is 4.98 Å². The summed E-state index contributed by atoms with van der Waals surface area (Å²) in [5.74, 6) is -0.509. The van der Waals surface area contributed by atoms with E-state index in [9.17, 15) is 4.39 Å². The van der Waals surface area contributed by atoms with E-state index in [1.165, 1.54) is 12.1 Å². The Morgan fingerprint density at radius 2 is 2.36 bits per heavy atom. The van der Waals surface area contributed by atoms with Gasteiger partial charge >= 0.3 is 0 Å². The number of pyridine rings is 1. The highest BCUT2D eigenvalue weighted by molar-refractivity contribution is 5.43. The zero-order valence-electron chi connectivity index (χ0n) is 5.87. The number of aliphatic hydroxyl groups excluding tert-OH is 1. The largest absolute Gasteiger partial charge is 0.392 e. The second kappa shape index (κ2) is 3.83. The summed E-state index contributed by atoms with van der Waals surface area (Å²) in [6, 6.07) is 4.50. The fourth-order valence-corrected chi connectivity index (χ4v) is 0.690. The van der Waals surface area contributed by atoms with E-state index in [0.717, 1.165) is 0 Å². The van der Waals surface area contributed by atoms with Crippen LogP contribution in [-0.2, 0) is 0 Å². The molecule has 1 heterocycles. The van der Waals surface area contributed by atoms with Crippen molar-refractivity contribution in [3.05, 3.63) is 35.9 Å². The third-order valence-electron chi connectivity index (χ3n) is 1.13. The highest BCUT2D eigenvalue weighted by Gasteiger charge is 1.89. The molecule has 3 heteroatoms. The lowest BCUT2D eigenvalue weighted by molar-refractivity contribution is 0.343. The smallest absolute Gasteiger partial charge is 0.213 e. The molecule has 0 aliphatic heterocycles. The second-order valence-corrected chi connectivity index (χ2v) is 1.97. The van der Waals surface area contributed by atoms with E-state index in [-0.39, 0.29) is 6.61 Å². The molecule has 0 aromatic carbocycles. The molecule has 1 rings (SSSR count). The lowest BCUT2D eigenvalue weighted by Crippen LogP contribution is -1.84. The third-order valence-corrected chi connectivity index (χ3v) is 1.13. The average molecular weight is 153 g/mol. The average Bonchev–Trinajstić information content (AvgIpc) is 2.01. The molecule has 11 heavy (non-hydrogen) atoms. The summed E-state index contributed by atoms with van der Waals surface area (Å²) in [5, 5.41) is 8.39. The Hall–Kier alpha value is -1.22. The van der Waals surface area contributed by atoms with Gasteiger partial charge in [-0.25, -0.2) is 4.98 Å². The van der Waals surface area contributed by atoms with E-state index < -0.39 is 5.95 Å². The summed E-state index contributed by atoms with van der Waals surface area (Å²) < 4.78 is 12.4. The molecule has 0 amide bonds. The topological polar surface area (TPSA) is 33.1 Å². The molecule has 0 saturated heterocycles. The van der Waals surface area contributed by atoms with Crippen molar-refractivity contribution in [3.63, 3.8) is 0 Å². The van der Waals surface area contributed by atoms with E-state index in [1.807, 2.05) is 0 Å². The van der Waals surface area contributed by atoms with E-state index in [4.69, 9.17) is 5.11 Å². The molecular weight excluding hydrogens is 145 g/mol. The van der Waals surface area contributed by atoms with E-state index in [0.29, 0.717) is 5.69 Å². The minimum atomic E-state index is -0.509. The Morgan fingerprint density at radius 1 is 1.55 bits per heavy atom. The van der Waals surface area contributed by atoms with Crippen LogP contribution in [0.5, 0.6) is 0 Å². The van der Waals surface area contributed by atoms with E-state index in [1.54, 1.807) is 18.2 Å². The molecule has 2 nitrogen and oxygen atoms in total. The quantitative estimate of drug-likeness (QED) is 0.648. The zero-order chi connectivity index (χ0) is 8.10. The van der Waals surface area contributed by atoms with Crippen molar-refractivity contribution in [1.29, 1.82) is 0 Å². The van der Waals surface area contributed by atoms with Gasteiger partial charge in [0.1, 0.15) is 0 Å². The molecule has 0 fully saturated rings. The summed E-state index contributed by atoms with van der Waals surface area (Å²) in [4.78, 5) is 3.55. The van der Waals surface area contributed by atoms with Gasteiger partial charge < -0.3 is 5.11 Å². The van der Waals surface area contributed by atoms with Crippen LogP contribution >= 0.6 is 0 Å². The number of nitrogens with zero attached hydrogens (tertiary/aromatic N) is 1. The predicted molar refractivity (Wildman–Crippen MR) is 40.3 cm³/mol. The Kier molecular flexibility index (Phi) is 2.74. The first-order valence-electron chi connectivity index (χ1n) is 3.23. The molecule has 0 spiro atoms. The van der Waals surface area contributed by atoms with Crippen molar-refractivity contribution >= 4 is 6.08 Å². The van der Waals surface area contributed by atoms with Gasteiger partial charge in [0.25, 0.3) is 0 Å². The van der Waals surface area contributed by atoms with Gasteiger partial charge in [0.2, 0.25) is 5.95 Å². The number of hydrogen-bond donors (Lipinski definition) is 1. The first kappa shape index (κ1) is 7.88. The Bertz CT molecular complexity index is 260. The van der Waals surface area contributed by atoms with E-state index in [2.05, 4.69) is 4.98 Å². The van der Waals surface area contributed by atoms with Gasteiger partial charge in [-0.1, -0.05) is 12.1 Å². The zero-order valence-corrected chi connectivity index (χ0v) is 5.87. The summed E-state index contributed by atoms with van der Waals surface area (Å²) >= 11 is 0. The first-order valence-corrected chi connectivity index (χ1v) is 3.23. The van der Waals surface area contributed by atoms with Crippen LogP contribution in [0.4, 0.5) is 4.39 Å². The van der Waals surface area contributed by atoms with Crippen molar-refractivity contribution < 1.29 is 9.50 Å². The van der Waals surface area contributed by atoms with Crippen LogP contribution in [0.1, 0.15) is 5.69 Å². The number of halogens is 1. The third kappa shape index (κ3) is 2.47. The second-order valence-electron chi connectivity index (χ2n) is 1.97. The van der Waals surface area contributed by atoms with Crippen molar-refractivity contribution in [2.45, 2.75) is 0 Å². The highest BCUT2D eigenvalue weighted by atomic mass is 19.1. The summed E-state index contributed by atoms with van der Waals surface area (Å²) in [7, 11) is 0. The van der Waals surface area contributed by atoms with Gasteiger partial charge in [0.05, 0.1) is 12.3 Å². The predicted octanol–water partition coefficient (Wildman–Crippen LogP) is 1.23. The lowest BCUT2D eigenvalue weighted by Gasteiger charge is -1.90. The molecule has 1 aromatic rings. The molecule has 58 valence electrons. The van der Waals surface area contributed by atoms with Crippen LogP contribution in [0, 0.1) is 5.95 Å². The molecule has 1 aromatic heterocycles. The van der Waals surface area contributed by atoms with Gasteiger partial charge in [-0.2, -0.15) is 4.39 Å². The molecule has 0 saturated carbocycles. The van der Waals surface area contributed by atoms with Crippen LogP contribution in [0.15, 0.2) is 24.3 Å². The standard InChI is InChI=1S/C8H8FNO/c9-8-5-1-3-7(10-8)4-2-6-11/h1-5,11H,6H2. The van der Waals surface area contributed by atoms with Gasteiger partial charge in [-0.3, -0.25) is 0 Å². The van der Waals surface area contributed by atoms with Gasteiger partial charge in [0.15, 0.2) is 0 Å². The highest BCUT2D eigenvalue weighted by Crippen LogP contribution is 1.99. The lowest BCUT2D eigenvalue weighted by atomic mass is 10.3. The van der Waals surface area contributed by atoms with Crippen LogP contribution in [0.25, 0.3) is 6.08 Å². The number of aliphatic hydroxyl groups is 1. The Balaban J connectivity index is 2.79. The fraction of sp³-hybridized carbons (Fsp3) is 0.125. The molecule has 0 bridgehead atoms.